The normalized spacial score (nSPS) is 11.5. The Hall–Kier alpha value is -0.785. The topological polar surface area (TPSA) is 12.9 Å². The molecule has 0 saturated heterocycles. The molecule has 2 heteroatoms. The Kier molecular flexibility index (Phi) is 2.03. The molecule has 1 rings (SSSR count). The van der Waals surface area contributed by atoms with Gasteiger partial charge in [0.15, 0.2) is 0 Å². The third-order valence-corrected chi connectivity index (χ3v) is 1.55. The van der Waals surface area contributed by atoms with Crippen LogP contribution >= 0.6 is 0 Å². The molecule has 0 aliphatic carbocycles. The highest BCUT2D eigenvalue weighted by Crippen LogP contribution is 2.17. The average Bonchev–Trinajstić information content (AvgIpc) is 1.86. The lowest BCUT2D eigenvalue weighted by Crippen LogP contribution is -2.15. The molecule has 1 aromatic rings. The maximum Gasteiger partial charge on any atom is 0.115 e. The van der Waals surface area contributed by atoms with Crippen LogP contribution in [0.4, 0.5) is 0 Å². The van der Waals surface area contributed by atoms with Gasteiger partial charge in [0.1, 0.15) is 7.85 Å². The number of pyridine rings is 1. The minimum Gasteiger partial charge on any atom is -0.261 e. The van der Waals surface area contributed by atoms with Gasteiger partial charge in [0, 0.05) is 17.3 Å². The van der Waals surface area contributed by atoms with Crippen molar-refractivity contribution in [3.8, 4) is 0 Å². The van der Waals surface area contributed by atoms with Crippen LogP contribution in [0.2, 0.25) is 0 Å². The molecule has 0 spiro atoms. The molecule has 11 heavy (non-hydrogen) atoms. The van der Waals surface area contributed by atoms with E-state index >= 15 is 0 Å². The van der Waals surface area contributed by atoms with E-state index in [2.05, 4.69) is 25.8 Å². The molecule has 0 aliphatic heterocycles. The van der Waals surface area contributed by atoms with Gasteiger partial charge in [0.25, 0.3) is 0 Å². The fourth-order valence-corrected chi connectivity index (χ4v) is 0.849. The van der Waals surface area contributed by atoms with Crippen LogP contribution in [0.25, 0.3) is 0 Å². The number of aromatic nitrogens is 1. The van der Waals surface area contributed by atoms with E-state index in [1.54, 1.807) is 6.20 Å². The second kappa shape index (κ2) is 2.69. The van der Waals surface area contributed by atoms with Gasteiger partial charge in [-0.25, -0.2) is 0 Å². The van der Waals surface area contributed by atoms with E-state index < -0.39 is 0 Å². The lowest BCUT2D eigenvalue weighted by atomic mass is 9.90. The Morgan fingerprint density at radius 3 is 2.27 bits per heavy atom. The van der Waals surface area contributed by atoms with Crippen molar-refractivity contribution in [1.29, 1.82) is 0 Å². The van der Waals surface area contributed by atoms with Crippen molar-refractivity contribution in [2.75, 3.05) is 0 Å². The Labute approximate surface area is 69.3 Å². The van der Waals surface area contributed by atoms with Gasteiger partial charge in [-0.3, -0.25) is 4.98 Å². The zero-order valence-electron chi connectivity index (χ0n) is 7.26. The fourth-order valence-electron chi connectivity index (χ4n) is 0.849. The van der Waals surface area contributed by atoms with Crippen molar-refractivity contribution in [2.24, 2.45) is 0 Å². The van der Waals surface area contributed by atoms with Crippen LogP contribution in [0.15, 0.2) is 18.3 Å². The summed E-state index contributed by atoms with van der Waals surface area (Å²) < 4.78 is 0. The molecule has 0 amide bonds. The lowest BCUT2D eigenvalue weighted by molar-refractivity contribution is 0.569. The predicted molar refractivity (Wildman–Crippen MR) is 48.3 cm³/mol. The molecule has 0 aromatic carbocycles. The molecule has 0 fully saturated rings. The molecule has 56 valence electrons. The van der Waals surface area contributed by atoms with E-state index in [0.29, 0.717) is 0 Å². The Morgan fingerprint density at radius 1 is 1.27 bits per heavy atom. The average molecular weight is 145 g/mol. The van der Waals surface area contributed by atoms with Crippen LogP contribution in [0, 0.1) is 0 Å². The summed E-state index contributed by atoms with van der Waals surface area (Å²) in [5.41, 5.74) is 1.91. The van der Waals surface area contributed by atoms with Crippen LogP contribution in [-0.4, -0.2) is 12.8 Å². The fraction of sp³-hybridized carbons (Fsp3) is 0.444. The van der Waals surface area contributed by atoms with Crippen LogP contribution in [0.3, 0.4) is 0 Å². The number of hydrogen-bond donors (Lipinski definition) is 0. The molecular formula is C9H12BN. The summed E-state index contributed by atoms with van der Waals surface area (Å²) >= 11 is 0. The number of hydrogen-bond acceptors (Lipinski definition) is 1. The van der Waals surface area contributed by atoms with E-state index in [4.69, 9.17) is 7.85 Å². The highest BCUT2D eigenvalue weighted by atomic mass is 14.7. The highest BCUT2D eigenvalue weighted by Gasteiger charge is 2.13. The third-order valence-electron chi connectivity index (χ3n) is 1.55. The van der Waals surface area contributed by atoms with Gasteiger partial charge in [-0.1, -0.05) is 32.3 Å². The second-order valence-electron chi connectivity index (χ2n) is 3.73. The van der Waals surface area contributed by atoms with Crippen LogP contribution in [-0.2, 0) is 5.41 Å². The van der Waals surface area contributed by atoms with Gasteiger partial charge < -0.3 is 0 Å². The molecule has 0 aliphatic rings. The van der Waals surface area contributed by atoms with E-state index in [0.717, 1.165) is 11.2 Å². The standard InChI is InChI=1S/C9H12BN/c1-9(2,3)8-5-4-7(10)6-11-8/h4-6H,1-3H3. The van der Waals surface area contributed by atoms with Gasteiger partial charge in [-0.2, -0.15) is 0 Å². The first-order valence-electron chi connectivity index (χ1n) is 3.72. The minimum absolute atomic E-state index is 0.119. The zero-order valence-corrected chi connectivity index (χ0v) is 7.26. The summed E-state index contributed by atoms with van der Waals surface area (Å²) in [7, 11) is 5.51. The van der Waals surface area contributed by atoms with Crippen LogP contribution in [0.5, 0.6) is 0 Å². The lowest BCUT2D eigenvalue weighted by Gasteiger charge is -2.17. The third kappa shape index (κ3) is 2.07. The molecular weight excluding hydrogens is 133 g/mol. The number of rotatable bonds is 0. The molecule has 2 radical (unpaired) electrons. The van der Waals surface area contributed by atoms with E-state index in [9.17, 15) is 0 Å². The van der Waals surface area contributed by atoms with Crippen molar-refractivity contribution < 1.29 is 0 Å². The number of nitrogens with zero attached hydrogens (tertiary/aromatic N) is 1. The zero-order chi connectivity index (χ0) is 8.48. The summed E-state index contributed by atoms with van der Waals surface area (Å²) in [6, 6.07) is 3.85. The van der Waals surface area contributed by atoms with E-state index in [-0.39, 0.29) is 5.41 Å². The van der Waals surface area contributed by atoms with Crippen molar-refractivity contribution in [2.45, 2.75) is 26.2 Å². The molecule has 1 heterocycles. The van der Waals surface area contributed by atoms with Gasteiger partial charge in [-0.15, -0.1) is 0 Å². The first-order valence-corrected chi connectivity index (χ1v) is 3.72. The van der Waals surface area contributed by atoms with Gasteiger partial charge in [0.05, 0.1) is 0 Å². The van der Waals surface area contributed by atoms with Gasteiger partial charge in [0.2, 0.25) is 0 Å². The van der Waals surface area contributed by atoms with Gasteiger partial charge >= 0.3 is 0 Å². The molecule has 0 bridgehead atoms. The monoisotopic (exact) mass is 145 g/mol. The smallest absolute Gasteiger partial charge is 0.115 e. The first kappa shape index (κ1) is 8.31. The Bertz CT molecular complexity index is 233. The van der Waals surface area contributed by atoms with Gasteiger partial charge in [-0.05, 0) is 6.07 Å². The summed E-state index contributed by atoms with van der Waals surface area (Å²) in [4.78, 5) is 4.22. The quantitative estimate of drug-likeness (QED) is 0.499. The summed E-state index contributed by atoms with van der Waals surface area (Å²) in [5, 5.41) is 0. The van der Waals surface area contributed by atoms with Crippen molar-refractivity contribution in [1.82, 2.24) is 4.98 Å². The predicted octanol–water partition coefficient (Wildman–Crippen LogP) is 1.17. The maximum absolute atomic E-state index is 5.51. The molecule has 1 nitrogen and oxygen atoms in total. The first-order chi connectivity index (χ1) is 5.00. The molecule has 0 N–H and O–H groups in total. The molecule has 0 atom stereocenters. The Balaban J connectivity index is 2.99. The second-order valence-corrected chi connectivity index (χ2v) is 3.73. The summed E-state index contributed by atoms with van der Waals surface area (Å²) in [6.45, 7) is 6.39. The van der Waals surface area contributed by atoms with E-state index in [1.807, 2.05) is 12.1 Å². The highest BCUT2D eigenvalue weighted by molar-refractivity contribution is 6.32. The largest absolute Gasteiger partial charge is 0.261 e. The summed E-state index contributed by atoms with van der Waals surface area (Å²) in [5.74, 6) is 0. The van der Waals surface area contributed by atoms with Crippen molar-refractivity contribution >= 4 is 13.3 Å². The Morgan fingerprint density at radius 2 is 1.91 bits per heavy atom. The van der Waals surface area contributed by atoms with Crippen molar-refractivity contribution in [3.05, 3.63) is 24.0 Å². The minimum atomic E-state index is 0.119. The molecule has 1 aromatic heterocycles. The maximum atomic E-state index is 5.51. The molecule has 0 saturated carbocycles. The van der Waals surface area contributed by atoms with Crippen LogP contribution < -0.4 is 5.46 Å². The SMILES string of the molecule is [B]c1ccc(C(C)(C)C)nc1. The van der Waals surface area contributed by atoms with E-state index in [1.165, 1.54) is 0 Å². The summed E-state index contributed by atoms with van der Waals surface area (Å²) in [6.07, 6.45) is 1.70. The molecule has 0 unspecified atom stereocenters. The van der Waals surface area contributed by atoms with Crippen molar-refractivity contribution in [3.63, 3.8) is 0 Å². The van der Waals surface area contributed by atoms with Crippen LogP contribution in [0.1, 0.15) is 26.5 Å².